The zero-order chi connectivity index (χ0) is 16.4. The van der Waals surface area contributed by atoms with Gasteiger partial charge in [-0.25, -0.2) is 0 Å². The molecule has 0 N–H and O–H groups in total. The van der Waals surface area contributed by atoms with Gasteiger partial charge in [0, 0.05) is 25.9 Å². The van der Waals surface area contributed by atoms with Gasteiger partial charge in [0.1, 0.15) is 0 Å². The molecule has 0 fully saturated rings. The van der Waals surface area contributed by atoms with E-state index in [2.05, 4.69) is 11.1 Å². The van der Waals surface area contributed by atoms with Crippen LogP contribution in [-0.4, -0.2) is 19.9 Å². The van der Waals surface area contributed by atoms with E-state index in [1.807, 2.05) is 0 Å². The van der Waals surface area contributed by atoms with Crippen LogP contribution in [0.3, 0.4) is 0 Å². The van der Waals surface area contributed by atoms with Gasteiger partial charge < -0.3 is 4.18 Å². The first-order valence-electron chi connectivity index (χ1n) is 7.24. The number of rotatable bonds is 11. The molecular weight excluding hydrogens is 375 g/mol. The molecule has 0 aromatic heterocycles. The monoisotopic (exact) mass is 396 g/mol. The molecule has 0 heterocycles. The van der Waals surface area contributed by atoms with Gasteiger partial charge in [-0.3, -0.25) is 4.79 Å². The predicted molar refractivity (Wildman–Crippen MR) is 72.9 cm³/mol. The minimum atomic E-state index is -5.81. The van der Waals surface area contributed by atoms with Crippen molar-refractivity contribution >= 4 is 16.1 Å². The fourth-order valence-electron chi connectivity index (χ4n) is 1.79. The molecule has 0 aliphatic rings. The number of hydrogen-bond donors (Lipinski definition) is 0. The minimum absolute atomic E-state index is 0. The second-order valence-electron chi connectivity index (χ2n) is 4.93. The Kier molecular flexibility index (Phi) is 13.4. The maximum Gasteiger partial charge on any atom is 0.534 e. The van der Waals surface area contributed by atoms with Crippen molar-refractivity contribution in [3.05, 3.63) is 0 Å². The first-order chi connectivity index (χ1) is 9.70. The smallest absolute Gasteiger partial charge is 0.339 e. The summed E-state index contributed by atoms with van der Waals surface area (Å²) in [7, 11) is -5.81. The summed E-state index contributed by atoms with van der Waals surface area (Å²) in [6.07, 6.45) is 8.47. The summed E-state index contributed by atoms with van der Waals surface area (Å²) in [5.74, 6) is -1.35. The standard InChI is InChI=1S/C13H23F3O4S.Zn/c1-2-3-4-5-6-7-8-9-10-11-12(17)20-21(18,19)13(14,15)16;/h2-11H2,1H3;. The normalized spacial score (nSPS) is 11.8. The first kappa shape index (κ1) is 24.1. The van der Waals surface area contributed by atoms with Crippen molar-refractivity contribution in [3.63, 3.8) is 0 Å². The summed E-state index contributed by atoms with van der Waals surface area (Å²) in [6.45, 7) is 2.14. The fourth-order valence-corrected chi connectivity index (χ4v) is 2.21. The molecule has 0 aliphatic carbocycles. The first-order valence-corrected chi connectivity index (χ1v) is 8.65. The molecule has 9 heteroatoms. The Morgan fingerprint density at radius 3 is 1.73 bits per heavy atom. The molecular formula is C13H23F3O4SZn. The van der Waals surface area contributed by atoms with Crippen LogP contribution < -0.4 is 0 Å². The molecule has 0 amide bonds. The van der Waals surface area contributed by atoms with Crippen LogP contribution in [0.5, 0.6) is 0 Å². The van der Waals surface area contributed by atoms with E-state index in [1.165, 1.54) is 25.7 Å². The van der Waals surface area contributed by atoms with E-state index in [0.29, 0.717) is 12.8 Å². The molecule has 0 unspecified atom stereocenters. The van der Waals surface area contributed by atoms with Crippen LogP contribution in [0.25, 0.3) is 0 Å². The maximum atomic E-state index is 11.9. The molecule has 0 bridgehead atoms. The van der Waals surface area contributed by atoms with Crippen LogP contribution >= 0.6 is 0 Å². The number of hydrogen-bond acceptors (Lipinski definition) is 4. The van der Waals surface area contributed by atoms with E-state index in [9.17, 15) is 26.4 Å². The Hall–Kier alpha value is -0.167. The van der Waals surface area contributed by atoms with E-state index in [4.69, 9.17) is 0 Å². The van der Waals surface area contributed by atoms with Crippen molar-refractivity contribution < 1.29 is 50.0 Å². The Bertz CT molecular complexity index is 397. The number of carbonyl (C=O) groups is 1. The minimum Gasteiger partial charge on any atom is -0.339 e. The van der Waals surface area contributed by atoms with Crippen molar-refractivity contribution in [1.82, 2.24) is 0 Å². The van der Waals surface area contributed by atoms with E-state index in [-0.39, 0.29) is 25.9 Å². The third-order valence-corrected chi connectivity index (χ3v) is 3.94. The molecule has 0 rings (SSSR count). The molecule has 0 aliphatic heterocycles. The van der Waals surface area contributed by atoms with Gasteiger partial charge in [0.15, 0.2) is 0 Å². The third kappa shape index (κ3) is 11.4. The van der Waals surface area contributed by atoms with Gasteiger partial charge in [-0.1, -0.05) is 58.3 Å². The van der Waals surface area contributed by atoms with Gasteiger partial charge in [-0.05, 0) is 6.42 Å². The van der Waals surface area contributed by atoms with E-state index in [1.54, 1.807) is 0 Å². The van der Waals surface area contributed by atoms with Crippen molar-refractivity contribution in [2.45, 2.75) is 76.6 Å². The molecule has 4 nitrogen and oxygen atoms in total. The van der Waals surface area contributed by atoms with E-state index in [0.717, 1.165) is 19.3 Å². The molecule has 0 atom stereocenters. The molecule has 0 radical (unpaired) electrons. The van der Waals surface area contributed by atoms with Crippen molar-refractivity contribution in [2.24, 2.45) is 0 Å². The average molecular weight is 398 g/mol. The van der Waals surface area contributed by atoms with Crippen LogP contribution in [0.4, 0.5) is 13.2 Å². The summed E-state index contributed by atoms with van der Waals surface area (Å²) < 4.78 is 60.4. The third-order valence-electron chi connectivity index (χ3n) is 2.97. The number of alkyl halides is 3. The van der Waals surface area contributed by atoms with Gasteiger partial charge in [0.05, 0.1) is 0 Å². The van der Waals surface area contributed by atoms with Gasteiger partial charge >= 0.3 is 21.6 Å². The van der Waals surface area contributed by atoms with Crippen LogP contribution in [0.15, 0.2) is 0 Å². The van der Waals surface area contributed by atoms with Crippen LogP contribution in [0.2, 0.25) is 0 Å². The summed E-state index contributed by atoms with van der Waals surface area (Å²) in [5, 5.41) is 0. The van der Waals surface area contributed by atoms with Gasteiger partial charge in [0.2, 0.25) is 0 Å². The van der Waals surface area contributed by atoms with Gasteiger partial charge in [0.25, 0.3) is 0 Å². The molecule has 128 valence electrons. The van der Waals surface area contributed by atoms with Crippen molar-refractivity contribution in [1.29, 1.82) is 0 Å². The predicted octanol–water partition coefficient (Wildman–Crippen LogP) is 4.30. The van der Waals surface area contributed by atoms with Crippen molar-refractivity contribution in [2.75, 3.05) is 0 Å². The Labute approximate surface area is 143 Å². The van der Waals surface area contributed by atoms with Crippen molar-refractivity contribution in [3.8, 4) is 0 Å². The quantitative estimate of drug-likeness (QED) is 0.226. The summed E-state index contributed by atoms with van der Waals surface area (Å²) in [6, 6.07) is 0. The topological polar surface area (TPSA) is 60.4 Å². The second-order valence-corrected chi connectivity index (χ2v) is 6.47. The Morgan fingerprint density at radius 2 is 1.32 bits per heavy atom. The Balaban J connectivity index is 0. The molecule has 0 saturated heterocycles. The van der Waals surface area contributed by atoms with E-state index < -0.39 is 21.6 Å². The van der Waals surface area contributed by atoms with E-state index >= 15 is 0 Å². The fraction of sp³-hybridized carbons (Fsp3) is 0.923. The molecule has 0 aromatic rings. The zero-order valence-electron chi connectivity index (χ0n) is 13.0. The molecule has 0 saturated carbocycles. The van der Waals surface area contributed by atoms with Crippen LogP contribution in [-0.2, 0) is 38.6 Å². The summed E-state index contributed by atoms with van der Waals surface area (Å²) in [4.78, 5) is 11.0. The largest absolute Gasteiger partial charge is 0.534 e. The molecule has 0 aromatic carbocycles. The SMILES string of the molecule is CCCCCCCCCCCC(=O)OS(=O)(=O)C(F)(F)F.[Zn]. The second kappa shape index (κ2) is 12.3. The average Bonchev–Trinajstić information content (AvgIpc) is 2.35. The van der Waals surface area contributed by atoms with Crippen LogP contribution in [0, 0.1) is 0 Å². The zero-order valence-corrected chi connectivity index (χ0v) is 16.7. The summed E-state index contributed by atoms with van der Waals surface area (Å²) in [5.41, 5.74) is -5.55. The molecule has 22 heavy (non-hydrogen) atoms. The van der Waals surface area contributed by atoms with Crippen LogP contribution in [0.1, 0.15) is 71.1 Å². The number of unbranched alkanes of at least 4 members (excludes halogenated alkanes) is 8. The van der Waals surface area contributed by atoms with Gasteiger partial charge in [-0.15, -0.1) is 0 Å². The maximum absolute atomic E-state index is 11.9. The number of halogens is 3. The van der Waals surface area contributed by atoms with Gasteiger partial charge in [-0.2, -0.15) is 21.6 Å². The molecule has 0 spiro atoms. The number of carbonyl (C=O) groups excluding carboxylic acids is 1. The Morgan fingerprint density at radius 1 is 0.909 bits per heavy atom. The summed E-state index contributed by atoms with van der Waals surface area (Å²) >= 11 is 0.